The third-order valence-electron chi connectivity index (χ3n) is 5.91. The molecule has 7 heteroatoms. The monoisotopic (exact) mass is 459 g/mol. The summed E-state index contributed by atoms with van der Waals surface area (Å²) in [6, 6.07) is 19.1. The first-order chi connectivity index (χ1) is 16.6. The Morgan fingerprint density at radius 2 is 1.97 bits per heavy atom. The summed E-state index contributed by atoms with van der Waals surface area (Å²) in [7, 11) is 0. The highest BCUT2D eigenvalue weighted by molar-refractivity contribution is 5.91. The molecular formula is C27H26FN3O3. The fraction of sp³-hybridized carbons (Fsp3) is 0.259. The van der Waals surface area contributed by atoms with Crippen molar-refractivity contribution < 1.29 is 18.3 Å². The van der Waals surface area contributed by atoms with Crippen LogP contribution in [0.4, 0.5) is 4.39 Å². The van der Waals surface area contributed by atoms with Gasteiger partial charge in [-0.25, -0.2) is 9.07 Å². The van der Waals surface area contributed by atoms with E-state index in [1.807, 2.05) is 37.3 Å². The maximum atomic E-state index is 13.9. The van der Waals surface area contributed by atoms with E-state index in [4.69, 9.17) is 14.3 Å². The van der Waals surface area contributed by atoms with Crippen molar-refractivity contribution in [2.24, 2.45) is 5.92 Å². The third kappa shape index (κ3) is 4.73. The molecule has 1 aliphatic carbocycles. The van der Waals surface area contributed by atoms with E-state index in [0.717, 1.165) is 29.8 Å². The van der Waals surface area contributed by atoms with Crippen LogP contribution in [0.25, 0.3) is 5.69 Å². The Morgan fingerprint density at radius 3 is 2.65 bits per heavy atom. The lowest BCUT2D eigenvalue weighted by atomic mass is 10.1. The highest BCUT2D eigenvalue weighted by Crippen LogP contribution is 2.35. The molecule has 1 saturated carbocycles. The summed E-state index contributed by atoms with van der Waals surface area (Å²) < 4.78 is 27.3. The molecule has 2 heterocycles. The van der Waals surface area contributed by atoms with Crippen LogP contribution in [0.5, 0.6) is 11.6 Å². The number of rotatable bonds is 9. The highest BCUT2D eigenvalue weighted by Gasteiger charge is 2.31. The standard InChI is InChI=1S/C27H26FN3O3/c1-2-24-23(18-30(17-19-13-14-19)26(32)25-12-7-15-33-25)27(34-22-11-6-8-20(28)16-22)31(29-24)21-9-4-3-5-10-21/h3-12,15-16,19H,2,13-14,17-18H2,1H3. The first-order valence-corrected chi connectivity index (χ1v) is 11.5. The summed E-state index contributed by atoms with van der Waals surface area (Å²) in [4.78, 5) is 15.1. The molecule has 1 fully saturated rings. The summed E-state index contributed by atoms with van der Waals surface area (Å²) in [6.45, 7) is 2.97. The molecule has 0 aliphatic heterocycles. The molecule has 0 atom stereocenters. The van der Waals surface area contributed by atoms with Gasteiger partial charge in [-0.1, -0.05) is 31.2 Å². The van der Waals surface area contributed by atoms with Crippen LogP contribution >= 0.6 is 0 Å². The molecule has 1 amide bonds. The predicted molar refractivity (Wildman–Crippen MR) is 126 cm³/mol. The van der Waals surface area contributed by atoms with E-state index >= 15 is 0 Å². The number of nitrogens with zero attached hydrogens (tertiary/aromatic N) is 3. The maximum absolute atomic E-state index is 13.9. The summed E-state index contributed by atoms with van der Waals surface area (Å²) >= 11 is 0. The lowest BCUT2D eigenvalue weighted by Gasteiger charge is -2.22. The van der Waals surface area contributed by atoms with Crippen LogP contribution in [0.15, 0.2) is 77.4 Å². The molecule has 0 saturated heterocycles. The molecule has 5 rings (SSSR count). The maximum Gasteiger partial charge on any atom is 0.289 e. The van der Waals surface area contributed by atoms with E-state index < -0.39 is 0 Å². The Bertz CT molecular complexity index is 1260. The number of amides is 1. The van der Waals surface area contributed by atoms with Gasteiger partial charge in [-0.3, -0.25) is 4.79 Å². The summed E-state index contributed by atoms with van der Waals surface area (Å²) in [5.74, 6) is 1.09. The number of hydrogen-bond donors (Lipinski definition) is 0. The van der Waals surface area contributed by atoms with Crippen molar-refractivity contribution >= 4 is 5.91 Å². The zero-order valence-electron chi connectivity index (χ0n) is 19.0. The Balaban J connectivity index is 1.57. The average molecular weight is 460 g/mol. The molecule has 2 aromatic carbocycles. The Kier molecular flexibility index (Phi) is 6.16. The Morgan fingerprint density at radius 1 is 1.15 bits per heavy atom. The van der Waals surface area contributed by atoms with Gasteiger partial charge < -0.3 is 14.1 Å². The molecule has 1 aliphatic rings. The lowest BCUT2D eigenvalue weighted by Crippen LogP contribution is -2.32. The van der Waals surface area contributed by atoms with Gasteiger partial charge >= 0.3 is 0 Å². The van der Waals surface area contributed by atoms with Gasteiger partial charge in [0, 0.05) is 12.6 Å². The number of aryl methyl sites for hydroxylation is 1. The van der Waals surface area contributed by atoms with E-state index in [0.29, 0.717) is 42.8 Å². The Labute approximate surface area is 197 Å². The van der Waals surface area contributed by atoms with Crippen molar-refractivity contribution in [3.63, 3.8) is 0 Å². The summed E-state index contributed by atoms with van der Waals surface area (Å²) in [5.41, 5.74) is 2.44. The van der Waals surface area contributed by atoms with Gasteiger partial charge in [0.25, 0.3) is 5.91 Å². The quantitative estimate of drug-likeness (QED) is 0.307. The third-order valence-corrected chi connectivity index (χ3v) is 5.91. The molecule has 0 bridgehead atoms. The van der Waals surface area contributed by atoms with Crippen LogP contribution in [0.3, 0.4) is 0 Å². The molecule has 0 radical (unpaired) electrons. The van der Waals surface area contributed by atoms with Crippen molar-refractivity contribution in [1.29, 1.82) is 0 Å². The number of hydrogen-bond acceptors (Lipinski definition) is 4. The Hall–Kier alpha value is -3.87. The second-order valence-electron chi connectivity index (χ2n) is 8.50. The first kappa shape index (κ1) is 21.9. The van der Waals surface area contributed by atoms with Crippen LogP contribution < -0.4 is 4.74 Å². The zero-order chi connectivity index (χ0) is 23.5. The van der Waals surface area contributed by atoms with Crippen molar-refractivity contribution in [3.05, 3.63) is 95.8 Å². The fourth-order valence-electron chi connectivity index (χ4n) is 3.99. The van der Waals surface area contributed by atoms with Gasteiger partial charge in [0.05, 0.1) is 29.8 Å². The van der Waals surface area contributed by atoms with Crippen molar-refractivity contribution in [2.75, 3.05) is 6.54 Å². The number of halogens is 1. The van der Waals surface area contributed by atoms with Gasteiger partial charge in [-0.2, -0.15) is 5.10 Å². The first-order valence-electron chi connectivity index (χ1n) is 11.5. The van der Waals surface area contributed by atoms with Crippen molar-refractivity contribution in [3.8, 4) is 17.3 Å². The van der Waals surface area contributed by atoms with Crippen LogP contribution in [-0.2, 0) is 13.0 Å². The van der Waals surface area contributed by atoms with Crippen molar-refractivity contribution in [1.82, 2.24) is 14.7 Å². The largest absolute Gasteiger partial charge is 0.459 e. The highest BCUT2D eigenvalue weighted by atomic mass is 19.1. The number of carbonyl (C=O) groups excluding carboxylic acids is 1. The topological polar surface area (TPSA) is 60.5 Å². The van der Waals surface area contributed by atoms with Gasteiger partial charge in [-0.15, -0.1) is 0 Å². The summed E-state index contributed by atoms with van der Waals surface area (Å²) in [6.07, 6.45) is 4.38. The van der Waals surface area contributed by atoms with Crippen LogP contribution in [0.2, 0.25) is 0 Å². The number of furan rings is 1. The zero-order valence-corrected chi connectivity index (χ0v) is 19.0. The summed E-state index contributed by atoms with van der Waals surface area (Å²) in [5, 5.41) is 4.82. The smallest absolute Gasteiger partial charge is 0.289 e. The molecule has 0 N–H and O–H groups in total. The number of benzene rings is 2. The number of aromatic nitrogens is 2. The lowest BCUT2D eigenvalue weighted by molar-refractivity contribution is 0.0701. The number of carbonyl (C=O) groups is 1. The van der Waals surface area contributed by atoms with E-state index in [1.54, 1.807) is 33.8 Å². The molecular weight excluding hydrogens is 433 g/mol. The normalized spacial score (nSPS) is 13.1. The minimum absolute atomic E-state index is 0.164. The molecule has 34 heavy (non-hydrogen) atoms. The average Bonchev–Trinajstić information content (AvgIpc) is 3.37. The van der Waals surface area contributed by atoms with Gasteiger partial charge in [0.2, 0.25) is 5.88 Å². The minimum atomic E-state index is -0.385. The van der Waals surface area contributed by atoms with Crippen LogP contribution in [0, 0.1) is 11.7 Å². The second kappa shape index (κ2) is 9.55. The van der Waals surface area contributed by atoms with Crippen molar-refractivity contribution in [2.45, 2.75) is 32.7 Å². The second-order valence-corrected chi connectivity index (χ2v) is 8.50. The molecule has 0 spiro atoms. The predicted octanol–water partition coefficient (Wildman–Crippen LogP) is 6.01. The minimum Gasteiger partial charge on any atom is -0.459 e. The SMILES string of the molecule is CCc1nn(-c2ccccc2)c(Oc2cccc(F)c2)c1CN(CC1CC1)C(=O)c1ccco1. The molecule has 174 valence electrons. The van der Waals surface area contributed by atoms with Gasteiger partial charge in [-0.05, 0) is 61.6 Å². The van der Waals surface area contributed by atoms with E-state index in [9.17, 15) is 9.18 Å². The van der Waals surface area contributed by atoms with E-state index in [-0.39, 0.29) is 11.7 Å². The molecule has 4 aromatic rings. The van der Waals surface area contributed by atoms with Gasteiger partial charge in [0.1, 0.15) is 11.6 Å². The van der Waals surface area contributed by atoms with E-state index in [2.05, 4.69) is 0 Å². The van der Waals surface area contributed by atoms with E-state index in [1.165, 1.54) is 18.4 Å². The molecule has 0 unspecified atom stereocenters. The molecule has 2 aromatic heterocycles. The van der Waals surface area contributed by atoms with Crippen LogP contribution in [-0.4, -0.2) is 27.1 Å². The fourth-order valence-corrected chi connectivity index (χ4v) is 3.99. The van der Waals surface area contributed by atoms with Crippen LogP contribution in [0.1, 0.15) is 41.6 Å². The number of ether oxygens (including phenoxy) is 1. The molecule has 6 nitrogen and oxygen atoms in total. The number of para-hydroxylation sites is 1. The van der Waals surface area contributed by atoms with Gasteiger partial charge in [0.15, 0.2) is 5.76 Å².